The number of hydrogen-bond acceptors (Lipinski definition) is 4. The van der Waals surface area contributed by atoms with E-state index in [0.717, 1.165) is 18.6 Å². The van der Waals surface area contributed by atoms with Crippen LogP contribution in [-0.4, -0.2) is 25.2 Å². The Hall–Kier alpha value is -1.55. The first-order valence-electron chi connectivity index (χ1n) is 6.58. The number of carbonyl (C=O) groups is 1. The lowest BCUT2D eigenvalue weighted by Gasteiger charge is -2.21. The van der Waals surface area contributed by atoms with E-state index < -0.39 is 11.5 Å². The maximum Gasteiger partial charge on any atom is 0.325 e. The van der Waals surface area contributed by atoms with Gasteiger partial charge in [0.05, 0.1) is 13.7 Å². The van der Waals surface area contributed by atoms with Crippen molar-refractivity contribution in [2.45, 2.75) is 38.6 Å². The molecule has 0 aliphatic rings. The van der Waals surface area contributed by atoms with Gasteiger partial charge in [-0.1, -0.05) is 25.5 Å². The molecule has 0 fully saturated rings. The zero-order valence-electron chi connectivity index (χ0n) is 11.9. The lowest BCUT2D eigenvalue weighted by molar-refractivity contribution is -0.146. The predicted molar refractivity (Wildman–Crippen MR) is 75.2 cm³/mol. The Morgan fingerprint density at radius 2 is 1.95 bits per heavy atom. The molecule has 0 spiro atoms. The predicted octanol–water partition coefficient (Wildman–Crippen LogP) is 2.30. The second-order valence-electron chi connectivity index (χ2n) is 4.90. The van der Waals surface area contributed by atoms with Crippen molar-refractivity contribution in [1.82, 2.24) is 0 Å². The number of aryl methyl sites for hydroxylation is 1. The van der Waals surface area contributed by atoms with Crippen molar-refractivity contribution >= 4 is 5.97 Å². The third-order valence-corrected chi connectivity index (χ3v) is 3.00. The minimum absolute atomic E-state index is 0.384. The van der Waals surface area contributed by atoms with Crippen LogP contribution in [0.15, 0.2) is 24.3 Å². The van der Waals surface area contributed by atoms with Crippen LogP contribution in [0.1, 0.15) is 32.3 Å². The fourth-order valence-corrected chi connectivity index (χ4v) is 1.76. The summed E-state index contributed by atoms with van der Waals surface area (Å²) in [5, 5.41) is 0. The first-order valence-corrected chi connectivity index (χ1v) is 6.58. The van der Waals surface area contributed by atoms with Gasteiger partial charge in [-0.25, -0.2) is 0 Å². The molecule has 106 valence electrons. The van der Waals surface area contributed by atoms with Gasteiger partial charge in [-0.3, -0.25) is 4.79 Å². The second kappa shape index (κ2) is 7.14. The summed E-state index contributed by atoms with van der Waals surface area (Å²) in [6.45, 7) is 4.18. The van der Waals surface area contributed by atoms with Gasteiger partial charge >= 0.3 is 5.97 Å². The van der Waals surface area contributed by atoms with Crippen LogP contribution in [-0.2, 0) is 16.0 Å². The minimum Gasteiger partial charge on any atom is -0.494 e. The van der Waals surface area contributed by atoms with Crippen molar-refractivity contribution in [2.24, 2.45) is 5.73 Å². The molecular weight excluding hydrogens is 242 g/mol. The molecule has 1 rings (SSSR count). The molecule has 0 aliphatic carbocycles. The number of rotatable bonds is 7. The summed E-state index contributed by atoms with van der Waals surface area (Å²) in [7, 11) is 1.33. The molecule has 0 aromatic heterocycles. The maximum atomic E-state index is 11.4. The highest BCUT2D eigenvalue weighted by Crippen LogP contribution is 2.15. The Bertz CT molecular complexity index is 398. The molecule has 0 heterocycles. The van der Waals surface area contributed by atoms with Crippen LogP contribution in [0.25, 0.3) is 0 Å². The summed E-state index contributed by atoms with van der Waals surface area (Å²) in [4.78, 5) is 11.4. The quantitative estimate of drug-likeness (QED) is 0.768. The molecule has 0 saturated carbocycles. The van der Waals surface area contributed by atoms with Gasteiger partial charge in [0.25, 0.3) is 0 Å². The number of benzene rings is 1. The fourth-order valence-electron chi connectivity index (χ4n) is 1.76. The summed E-state index contributed by atoms with van der Waals surface area (Å²) in [6, 6.07) is 8.00. The number of nitrogens with two attached hydrogens (primary N) is 1. The van der Waals surface area contributed by atoms with E-state index in [4.69, 9.17) is 10.5 Å². The molecule has 1 atom stereocenters. The molecule has 0 radical (unpaired) electrons. The molecular formula is C15H23NO3. The molecule has 19 heavy (non-hydrogen) atoms. The first kappa shape index (κ1) is 15.5. The Kier molecular flexibility index (Phi) is 5.83. The zero-order chi connectivity index (χ0) is 14.3. The van der Waals surface area contributed by atoms with Crippen molar-refractivity contribution in [1.29, 1.82) is 0 Å². The first-order chi connectivity index (χ1) is 8.99. The molecule has 1 aromatic rings. The molecule has 2 N–H and O–H groups in total. The summed E-state index contributed by atoms with van der Waals surface area (Å²) < 4.78 is 10.2. The number of hydrogen-bond donors (Lipinski definition) is 1. The van der Waals surface area contributed by atoms with Crippen molar-refractivity contribution < 1.29 is 14.3 Å². The van der Waals surface area contributed by atoms with Crippen LogP contribution in [0, 0.1) is 0 Å². The third kappa shape index (κ3) is 4.91. The van der Waals surface area contributed by atoms with Gasteiger partial charge < -0.3 is 15.2 Å². The minimum atomic E-state index is -1.00. The van der Waals surface area contributed by atoms with E-state index in [1.807, 2.05) is 12.1 Å². The standard InChI is InChI=1S/C15H23NO3/c1-4-5-12-6-8-13(9-7-12)19-11-10-15(2,16)14(17)18-3/h6-9H,4-5,10-11,16H2,1-3H3. The topological polar surface area (TPSA) is 61.5 Å². The Labute approximate surface area is 114 Å². The van der Waals surface area contributed by atoms with E-state index in [0.29, 0.717) is 13.0 Å². The monoisotopic (exact) mass is 265 g/mol. The van der Waals surface area contributed by atoms with Crippen molar-refractivity contribution in [3.05, 3.63) is 29.8 Å². The lowest BCUT2D eigenvalue weighted by Crippen LogP contribution is -2.46. The van der Waals surface area contributed by atoms with Crippen molar-refractivity contribution in [3.8, 4) is 5.75 Å². The zero-order valence-corrected chi connectivity index (χ0v) is 11.9. The van der Waals surface area contributed by atoms with E-state index in [1.165, 1.54) is 12.7 Å². The van der Waals surface area contributed by atoms with Gasteiger partial charge in [-0.15, -0.1) is 0 Å². The highest BCUT2D eigenvalue weighted by atomic mass is 16.5. The van der Waals surface area contributed by atoms with E-state index >= 15 is 0 Å². The van der Waals surface area contributed by atoms with Gasteiger partial charge in [-0.2, -0.15) is 0 Å². The fraction of sp³-hybridized carbons (Fsp3) is 0.533. The molecule has 0 saturated heterocycles. The largest absolute Gasteiger partial charge is 0.494 e. The highest BCUT2D eigenvalue weighted by Gasteiger charge is 2.29. The Balaban J connectivity index is 2.42. The van der Waals surface area contributed by atoms with Crippen LogP contribution >= 0.6 is 0 Å². The Morgan fingerprint density at radius 3 is 2.47 bits per heavy atom. The van der Waals surface area contributed by atoms with Gasteiger partial charge in [0.2, 0.25) is 0 Å². The van der Waals surface area contributed by atoms with Crippen molar-refractivity contribution in [2.75, 3.05) is 13.7 Å². The van der Waals surface area contributed by atoms with Crippen LogP contribution in [0.2, 0.25) is 0 Å². The summed E-state index contributed by atoms with van der Waals surface area (Å²) in [6.07, 6.45) is 2.62. The van der Waals surface area contributed by atoms with Crippen LogP contribution in [0.3, 0.4) is 0 Å². The second-order valence-corrected chi connectivity index (χ2v) is 4.90. The lowest BCUT2D eigenvalue weighted by atomic mass is 10.0. The van der Waals surface area contributed by atoms with E-state index in [-0.39, 0.29) is 0 Å². The normalized spacial score (nSPS) is 13.7. The van der Waals surface area contributed by atoms with Gasteiger partial charge in [-0.05, 0) is 31.0 Å². The van der Waals surface area contributed by atoms with Gasteiger partial charge in [0.1, 0.15) is 11.3 Å². The molecule has 0 amide bonds. The van der Waals surface area contributed by atoms with Crippen LogP contribution in [0.4, 0.5) is 0 Å². The molecule has 1 aromatic carbocycles. The Morgan fingerprint density at radius 1 is 1.32 bits per heavy atom. The SMILES string of the molecule is CCCc1ccc(OCCC(C)(N)C(=O)OC)cc1. The van der Waals surface area contributed by atoms with E-state index in [2.05, 4.69) is 23.8 Å². The van der Waals surface area contributed by atoms with E-state index in [9.17, 15) is 4.79 Å². The van der Waals surface area contributed by atoms with Crippen LogP contribution < -0.4 is 10.5 Å². The highest BCUT2D eigenvalue weighted by molar-refractivity contribution is 5.79. The number of carbonyl (C=O) groups excluding carboxylic acids is 1. The summed E-state index contributed by atoms with van der Waals surface area (Å²) >= 11 is 0. The number of ether oxygens (including phenoxy) is 2. The number of esters is 1. The molecule has 0 bridgehead atoms. The van der Waals surface area contributed by atoms with Crippen molar-refractivity contribution in [3.63, 3.8) is 0 Å². The number of methoxy groups -OCH3 is 1. The smallest absolute Gasteiger partial charge is 0.325 e. The summed E-state index contributed by atoms with van der Waals surface area (Å²) in [5.41, 5.74) is 6.14. The third-order valence-electron chi connectivity index (χ3n) is 3.00. The molecule has 0 aliphatic heterocycles. The van der Waals surface area contributed by atoms with Crippen LogP contribution in [0.5, 0.6) is 5.75 Å². The molecule has 1 unspecified atom stereocenters. The average Bonchev–Trinajstić information content (AvgIpc) is 2.40. The molecule has 4 nitrogen and oxygen atoms in total. The average molecular weight is 265 g/mol. The summed E-state index contributed by atoms with van der Waals surface area (Å²) in [5.74, 6) is 0.370. The maximum absolute atomic E-state index is 11.4. The van der Waals surface area contributed by atoms with E-state index in [1.54, 1.807) is 6.92 Å². The van der Waals surface area contributed by atoms with Gasteiger partial charge in [0, 0.05) is 6.42 Å². The molecule has 4 heteroatoms. The van der Waals surface area contributed by atoms with Gasteiger partial charge in [0.15, 0.2) is 0 Å².